The first-order valence-electron chi connectivity index (χ1n) is 4.87. The molecule has 2 heterocycles. The molecule has 0 amide bonds. The molecular weight excluding hydrogens is 268 g/mol. The van der Waals surface area contributed by atoms with Crippen molar-refractivity contribution in [3.05, 3.63) is 40.3 Å². The van der Waals surface area contributed by atoms with Gasteiger partial charge in [-0.2, -0.15) is 0 Å². The van der Waals surface area contributed by atoms with E-state index in [-0.39, 0.29) is 0 Å². The zero-order valence-corrected chi connectivity index (χ0v) is 10.7. The van der Waals surface area contributed by atoms with Crippen molar-refractivity contribution in [2.75, 3.05) is 0 Å². The lowest BCUT2D eigenvalue weighted by Crippen LogP contribution is -1.94. The van der Waals surface area contributed by atoms with Gasteiger partial charge in [-0.05, 0) is 35.0 Å². The SMILES string of the molecule is Cc1c(C=O)c(Br)c(-c2cccnc2)n1C. The van der Waals surface area contributed by atoms with Gasteiger partial charge in [0, 0.05) is 36.3 Å². The van der Waals surface area contributed by atoms with Crippen LogP contribution in [-0.2, 0) is 7.05 Å². The van der Waals surface area contributed by atoms with Crippen molar-refractivity contribution in [3.8, 4) is 11.3 Å². The number of aldehydes is 1. The van der Waals surface area contributed by atoms with Crippen LogP contribution >= 0.6 is 15.9 Å². The molecule has 2 rings (SSSR count). The number of carbonyl (C=O) groups is 1. The first-order valence-corrected chi connectivity index (χ1v) is 5.66. The zero-order valence-electron chi connectivity index (χ0n) is 9.07. The Bertz CT molecular complexity index is 532. The van der Waals surface area contributed by atoms with Crippen LogP contribution in [0, 0.1) is 6.92 Å². The average Bonchev–Trinajstić information content (AvgIpc) is 2.51. The highest BCUT2D eigenvalue weighted by atomic mass is 79.9. The van der Waals surface area contributed by atoms with Crippen LogP contribution in [0.25, 0.3) is 11.3 Å². The summed E-state index contributed by atoms with van der Waals surface area (Å²) in [6, 6.07) is 3.85. The molecule has 0 aliphatic heterocycles. The smallest absolute Gasteiger partial charge is 0.153 e. The lowest BCUT2D eigenvalue weighted by Gasteiger charge is -2.04. The molecule has 0 unspecified atom stereocenters. The molecule has 0 aliphatic rings. The van der Waals surface area contributed by atoms with E-state index in [0.29, 0.717) is 5.56 Å². The minimum Gasteiger partial charge on any atom is -0.346 e. The van der Waals surface area contributed by atoms with E-state index in [1.165, 1.54) is 0 Å². The van der Waals surface area contributed by atoms with Crippen LogP contribution in [-0.4, -0.2) is 15.8 Å². The molecule has 0 spiro atoms. The van der Waals surface area contributed by atoms with E-state index in [9.17, 15) is 4.79 Å². The molecule has 0 saturated heterocycles. The first kappa shape index (κ1) is 11.1. The molecule has 16 heavy (non-hydrogen) atoms. The summed E-state index contributed by atoms with van der Waals surface area (Å²) in [4.78, 5) is 15.1. The predicted molar refractivity (Wildman–Crippen MR) is 66.5 cm³/mol. The van der Waals surface area contributed by atoms with E-state index < -0.39 is 0 Å². The summed E-state index contributed by atoms with van der Waals surface area (Å²) in [5.74, 6) is 0. The topological polar surface area (TPSA) is 34.9 Å². The molecule has 0 aliphatic carbocycles. The molecule has 4 heteroatoms. The lowest BCUT2D eigenvalue weighted by molar-refractivity contribution is 0.112. The summed E-state index contributed by atoms with van der Waals surface area (Å²) in [6.07, 6.45) is 4.39. The Kier molecular flexibility index (Phi) is 2.92. The number of hydrogen-bond donors (Lipinski definition) is 0. The van der Waals surface area contributed by atoms with Crippen molar-refractivity contribution in [3.63, 3.8) is 0 Å². The monoisotopic (exact) mass is 278 g/mol. The van der Waals surface area contributed by atoms with Gasteiger partial charge in [0.2, 0.25) is 0 Å². The predicted octanol–water partition coefficient (Wildman–Crippen LogP) is 2.97. The molecule has 0 saturated carbocycles. The van der Waals surface area contributed by atoms with Gasteiger partial charge < -0.3 is 4.57 Å². The quantitative estimate of drug-likeness (QED) is 0.792. The van der Waals surface area contributed by atoms with Crippen LogP contribution in [0.1, 0.15) is 16.1 Å². The largest absolute Gasteiger partial charge is 0.346 e. The second kappa shape index (κ2) is 4.22. The molecule has 0 aromatic carbocycles. The van der Waals surface area contributed by atoms with Crippen molar-refractivity contribution in [2.24, 2.45) is 7.05 Å². The zero-order chi connectivity index (χ0) is 11.7. The summed E-state index contributed by atoms with van der Waals surface area (Å²) in [5, 5.41) is 0. The highest BCUT2D eigenvalue weighted by Crippen LogP contribution is 2.33. The molecule has 0 atom stereocenters. The summed E-state index contributed by atoms with van der Waals surface area (Å²) >= 11 is 3.47. The number of hydrogen-bond acceptors (Lipinski definition) is 2. The molecule has 3 nitrogen and oxygen atoms in total. The highest BCUT2D eigenvalue weighted by molar-refractivity contribution is 9.10. The highest BCUT2D eigenvalue weighted by Gasteiger charge is 2.17. The molecule has 0 fully saturated rings. The second-order valence-corrected chi connectivity index (χ2v) is 4.37. The number of carbonyl (C=O) groups excluding carboxylic acids is 1. The van der Waals surface area contributed by atoms with Gasteiger partial charge >= 0.3 is 0 Å². The Hall–Kier alpha value is -1.42. The molecule has 2 aromatic rings. The van der Waals surface area contributed by atoms with Gasteiger partial charge in [0.15, 0.2) is 6.29 Å². The fraction of sp³-hybridized carbons (Fsp3) is 0.167. The maximum Gasteiger partial charge on any atom is 0.153 e. The van der Waals surface area contributed by atoms with Gasteiger partial charge in [-0.1, -0.05) is 0 Å². The Morgan fingerprint density at radius 1 is 1.50 bits per heavy atom. The van der Waals surface area contributed by atoms with Crippen LogP contribution < -0.4 is 0 Å². The van der Waals surface area contributed by atoms with Crippen molar-refractivity contribution in [1.82, 2.24) is 9.55 Å². The first-order chi connectivity index (χ1) is 7.66. The maximum atomic E-state index is 11.0. The third-order valence-electron chi connectivity index (χ3n) is 2.73. The van der Waals surface area contributed by atoms with Crippen LogP contribution in [0.5, 0.6) is 0 Å². The van der Waals surface area contributed by atoms with Gasteiger partial charge in [0.05, 0.1) is 10.2 Å². The lowest BCUT2D eigenvalue weighted by atomic mass is 10.2. The Morgan fingerprint density at radius 2 is 2.25 bits per heavy atom. The maximum absolute atomic E-state index is 11.0. The van der Waals surface area contributed by atoms with Crippen LogP contribution in [0.4, 0.5) is 0 Å². The van der Waals surface area contributed by atoms with Crippen molar-refractivity contribution < 1.29 is 4.79 Å². The number of nitrogens with zero attached hydrogens (tertiary/aromatic N) is 2. The van der Waals surface area contributed by atoms with Crippen LogP contribution in [0.3, 0.4) is 0 Å². The van der Waals surface area contributed by atoms with Gasteiger partial charge in [0.1, 0.15) is 0 Å². The van der Waals surface area contributed by atoms with E-state index >= 15 is 0 Å². The Morgan fingerprint density at radius 3 is 2.75 bits per heavy atom. The van der Waals surface area contributed by atoms with Gasteiger partial charge in [-0.3, -0.25) is 9.78 Å². The molecule has 0 N–H and O–H groups in total. The van der Waals surface area contributed by atoms with E-state index in [4.69, 9.17) is 0 Å². The summed E-state index contributed by atoms with van der Waals surface area (Å²) in [5.41, 5.74) is 3.61. The van der Waals surface area contributed by atoms with Gasteiger partial charge in [-0.25, -0.2) is 0 Å². The standard InChI is InChI=1S/C12H11BrN2O/c1-8-10(7-16)11(13)12(15(8)2)9-4-3-5-14-6-9/h3-7H,1-2H3. The number of halogens is 1. The fourth-order valence-corrected chi connectivity index (χ4v) is 2.62. The van der Waals surface area contributed by atoms with Crippen LogP contribution in [0.15, 0.2) is 29.0 Å². The van der Waals surface area contributed by atoms with Crippen molar-refractivity contribution in [1.29, 1.82) is 0 Å². The summed E-state index contributed by atoms with van der Waals surface area (Å²) in [6.45, 7) is 1.92. The fourth-order valence-electron chi connectivity index (χ4n) is 1.74. The van der Waals surface area contributed by atoms with E-state index in [2.05, 4.69) is 20.9 Å². The molecule has 0 radical (unpaired) electrons. The molecule has 0 bridgehead atoms. The van der Waals surface area contributed by atoms with Crippen LogP contribution in [0.2, 0.25) is 0 Å². The third-order valence-corrected chi connectivity index (χ3v) is 3.53. The number of aromatic nitrogens is 2. The van der Waals surface area contributed by atoms with E-state index in [1.807, 2.05) is 30.7 Å². The Labute approximate surface area is 102 Å². The van der Waals surface area contributed by atoms with Crippen molar-refractivity contribution in [2.45, 2.75) is 6.92 Å². The summed E-state index contributed by atoms with van der Waals surface area (Å²) in [7, 11) is 1.94. The molecule has 82 valence electrons. The van der Waals surface area contributed by atoms with E-state index in [1.54, 1.807) is 12.4 Å². The molecular formula is C12H11BrN2O. The van der Waals surface area contributed by atoms with Crippen molar-refractivity contribution >= 4 is 22.2 Å². The number of pyridine rings is 1. The normalized spacial score (nSPS) is 10.4. The van der Waals surface area contributed by atoms with Gasteiger partial charge in [0.25, 0.3) is 0 Å². The van der Waals surface area contributed by atoms with E-state index in [0.717, 1.165) is 27.7 Å². The number of rotatable bonds is 2. The summed E-state index contributed by atoms with van der Waals surface area (Å²) < 4.78 is 2.82. The van der Waals surface area contributed by atoms with Gasteiger partial charge in [-0.15, -0.1) is 0 Å². The minimum atomic E-state index is 0.696. The minimum absolute atomic E-state index is 0.696. The average molecular weight is 279 g/mol. The Balaban J connectivity index is 2.71. The second-order valence-electron chi connectivity index (χ2n) is 3.58. The molecule has 2 aromatic heterocycles. The third kappa shape index (κ3) is 1.59.